The summed E-state index contributed by atoms with van der Waals surface area (Å²) in [5.74, 6) is 1.46. The molecule has 2 aromatic rings. The molecular weight excluding hydrogens is 258 g/mol. The summed E-state index contributed by atoms with van der Waals surface area (Å²) in [5.41, 5.74) is 1.57. The van der Waals surface area contributed by atoms with E-state index in [9.17, 15) is 10.1 Å². The van der Waals surface area contributed by atoms with Crippen molar-refractivity contribution in [2.45, 2.75) is 33.2 Å². The normalized spacial score (nSPS) is 12.2. The van der Waals surface area contributed by atoms with Crippen LogP contribution in [0.4, 0.5) is 11.4 Å². The monoisotopic (exact) mass is 275 g/mol. The van der Waals surface area contributed by atoms with Crippen LogP contribution in [-0.4, -0.2) is 20.1 Å². The minimum Gasteiger partial charge on any atom is -0.375 e. The Morgan fingerprint density at radius 2 is 2.20 bits per heavy atom. The van der Waals surface area contributed by atoms with Gasteiger partial charge in [0.05, 0.1) is 11.0 Å². The third kappa shape index (κ3) is 2.93. The average molecular weight is 275 g/mol. The fourth-order valence-electron chi connectivity index (χ4n) is 2.02. The van der Waals surface area contributed by atoms with Crippen molar-refractivity contribution in [2.75, 3.05) is 5.32 Å². The molecule has 0 saturated carbocycles. The van der Waals surface area contributed by atoms with Gasteiger partial charge in [0.25, 0.3) is 5.69 Å². The fraction of sp³-hybridized carbons (Fsp3) is 0.385. The molecular formula is C13H17N5O2. The highest BCUT2D eigenvalue weighted by Crippen LogP contribution is 2.25. The first-order chi connectivity index (χ1) is 9.51. The molecule has 1 unspecified atom stereocenters. The predicted octanol–water partition coefficient (Wildman–Crippen LogP) is 2.89. The van der Waals surface area contributed by atoms with E-state index in [1.165, 1.54) is 6.07 Å². The van der Waals surface area contributed by atoms with Crippen molar-refractivity contribution in [3.8, 4) is 0 Å². The maximum absolute atomic E-state index is 10.8. The molecule has 0 saturated heterocycles. The van der Waals surface area contributed by atoms with Crippen molar-refractivity contribution in [1.29, 1.82) is 0 Å². The van der Waals surface area contributed by atoms with E-state index in [0.717, 1.165) is 17.9 Å². The van der Waals surface area contributed by atoms with Crippen molar-refractivity contribution in [3.05, 3.63) is 45.5 Å². The zero-order valence-corrected chi connectivity index (χ0v) is 11.7. The number of hydrogen-bond donors (Lipinski definition) is 2. The molecule has 0 fully saturated rings. The number of anilines is 1. The largest absolute Gasteiger partial charge is 0.375 e. The molecule has 1 atom stereocenters. The third-order valence-electron chi connectivity index (χ3n) is 3.07. The molecule has 7 nitrogen and oxygen atoms in total. The maximum Gasteiger partial charge on any atom is 0.272 e. The zero-order valence-electron chi connectivity index (χ0n) is 11.7. The summed E-state index contributed by atoms with van der Waals surface area (Å²) >= 11 is 0. The number of nitro benzene ring substituents is 1. The van der Waals surface area contributed by atoms with Gasteiger partial charge < -0.3 is 5.32 Å². The van der Waals surface area contributed by atoms with E-state index in [1.54, 1.807) is 19.1 Å². The van der Waals surface area contributed by atoms with Gasteiger partial charge in [0, 0.05) is 17.3 Å². The van der Waals surface area contributed by atoms with Gasteiger partial charge in [0.2, 0.25) is 0 Å². The van der Waals surface area contributed by atoms with E-state index in [0.29, 0.717) is 11.4 Å². The van der Waals surface area contributed by atoms with Crippen molar-refractivity contribution < 1.29 is 4.92 Å². The number of aryl methyl sites for hydroxylation is 2. The summed E-state index contributed by atoms with van der Waals surface area (Å²) in [6.45, 7) is 5.60. The summed E-state index contributed by atoms with van der Waals surface area (Å²) in [4.78, 5) is 14.7. The Morgan fingerprint density at radius 3 is 2.70 bits per heavy atom. The highest BCUT2D eigenvalue weighted by molar-refractivity contribution is 5.54. The topological polar surface area (TPSA) is 96.7 Å². The highest BCUT2D eigenvalue weighted by atomic mass is 16.6. The summed E-state index contributed by atoms with van der Waals surface area (Å²) in [6.07, 6.45) is 0.813. The summed E-state index contributed by atoms with van der Waals surface area (Å²) in [6, 6.07) is 4.95. The molecule has 106 valence electrons. The Hall–Kier alpha value is -2.44. The second-order valence-corrected chi connectivity index (χ2v) is 4.64. The number of nitro groups is 1. The zero-order chi connectivity index (χ0) is 14.7. The lowest BCUT2D eigenvalue weighted by Crippen LogP contribution is -2.11. The SMILES string of the molecule is CCC(Nc1ccc([N+](=O)[O-])c(C)c1)c1n[nH]c(C)n1. The van der Waals surface area contributed by atoms with Crippen LogP contribution >= 0.6 is 0 Å². The van der Waals surface area contributed by atoms with Crippen LogP contribution in [0.2, 0.25) is 0 Å². The molecule has 0 aliphatic heterocycles. The Bertz CT molecular complexity index is 623. The molecule has 0 bridgehead atoms. The molecule has 7 heteroatoms. The van der Waals surface area contributed by atoms with Gasteiger partial charge in [-0.2, -0.15) is 5.10 Å². The average Bonchev–Trinajstić information content (AvgIpc) is 2.82. The molecule has 1 aromatic carbocycles. The van der Waals surface area contributed by atoms with Crippen LogP contribution in [0, 0.1) is 24.0 Å². The lowest BCUT2D eigenvalue weighted by atomic mass is 10.1. The predicted molar refractivity (Wildman–Crippen MR) is 75.6 cm³/mol. The van der Waals surface area contributed by atoms with Gasteiger partial charge in [-0.15, -0.1) is 0 Å². The van der Waals surface area contributed by atoms with E-state index >= 15 is 0 Å². The van der Waals surface area contributed by atoms with Crippen LogP contribution < -0.4 is 5.32 Å². The number of aromatic nitrogens is 3. The van der Waals surface area contributed by atoms with Crippen molar-refractivity contribution in [1.82, 2.24) is 15.2 Å². The van der Waals surface area contributed by atoms with Gasteiger partial charge >= 0.3 is 0 Å². The van der Waals surface area contributed by atoms with Crippen LogP contribution in [0.15, 0.2) is 18.2 Å². The summed E-state index contributed by atoms with van der Waals surface area (Å²) in [5, 5.41) is 21.1. The minimum atomic E-state index is -0.380. The number of aromatic amines is 1. The molecule has 2 N–H and O–H groups in total. The number of nitrogens with zero attached hydrogens (tertiary/aromatic N) is 3. The van der Waals surface area contributed by atoms with Gasteiger partial charge in [0.1, 0.15) is 5.82 Å². The quantitative estimate of drug-likeness (QED) is 0.646. The van der Waals surface area contributed by atoms with Crippen LogP contribution in [0.5, 0.6) is 0 Å². The van der Waals surface area contributed by atoms with E-state index in [-0.39, 0.29) is 16.7 Å². The Balaban J connectivity index is 2.20. The first kappa shape index (κ1) is 14.0. The number of hydrogen-bond acceptors (Lipinski definition) is 5. The molecule has 1 aromatic heterocycles. The van der Waals surface area contributed by atoms with Crippen LogP contribution in [0.1, 0.15) is 36.6 Å². The molecule has 0 aliphatic carbocycles. The Kier molecular flexibility index (Phi) is 3.97. The lowest BCUT2D eigenvalue weighted by Gasteiger charge is -2.15. The molecule has 0 radical (unpaired) electrons. The van der Waals surface area contributed by atoms with Gasteiger partial charge in [-0.05, 0) is 32.4 Å². The third-order valence-corrected chi connectivity index (χ3v) is 3.07. The standard InChI is InChI=1S/C13H17N5O2/c1-4-11(13-14-9(3)16-17-13)15-10-5-6-12(18(19)20)8(2)7-10/h5-7,11,15H,4H2,1-3H3,(H,14,16,17). The molecule has 0 amide bonds. The summed E-state index contributed by atoms with van der Waals surface area (Å²) in [7, 11) is 0. The van der Waals surface area contributed by atoms with Crippen molar-refractivity contribution in [3.63, 3.8) is 0 Å². The lowest BCUT2D eigenvalue weighted by molar-refractivity contribution is -0.385. The van der Waals surface area contributed by atoms with Crippen LogP contribution in [-0.2, 0) is 0 Å². The second-order valence-electron chi connectivity index (χ2n) is 4.64. The Morgan fingerprint density at radius 1 is 1.45 bits per heavy atom. The van der Waals surface area contributed by atoms with E-state index in [1.807, 2.05) is 13.8 Å². The van der Waals surface area contributed by atoms with E-state index < -0.39 is 0 Å². The van der Waals surface area contributed by atoms with Gasteiger partial charge in [-0.3, -0.25) is 15.2 Å². The molecule has 1 heterocycles. The van der Waals surface area contributed by atoms with E-state index in [4.69, 9.17) is 0 Å². The van der Waals surface area contributed by atoms with Crippen molar-refractivity contribution >= 4 is 11.4 Å². The van der Waals surface area contributed by atoms with Crippen LogP contribution in [0.3, 0.4) is 0 Å². The number of rotatable bonds is 5. The number of H-pyrrole nitrogens is 1. The molecule has 0 spiro atoms. The smallest absolute Gasteiger partial charge is 0.272 e. The van der Waals surface area contributed by atoms with Gasteiger partial charge in [-0.1, -0.05) is 6.92 Å². The molecule has 20 heavy (non-hydrogen) atoms. The van der Waals surface area contributed by atoms with E-state index in [2.05, 4.69) is 20.5 Å². The first-order valence-electron chi connectivity index (χ1n) is 6.41. The number of nitrogens with one attached hydrogen (secondary N) is 2. The molecule has 2 rings (SSSR count). The van der Waals surface area contributed by atoms with Gasteiger partial charge in [-0.25, -0.2) is 4.98 Å². The highest BCUT2D eigenvalue weighted by Gasteiger charge is 2.16. The van der Waals surface area contributed by atoms with Crippen LogP contribution in [0.25, 0.3) is 0 Å². The Labute approximate surface area is 116 Å². The fourth-order valence-corrected chi connectivity index (χ4v) is 2.02. The van der Waals surface area contributed by atoms with Gasteiger partial charge in [0.15, 0.2) is 5.82 Å². The van der Waals surface area contributed by atoms with Crippen molar-refractivity contribution in [2.24, 2.45) is 0 Å². The number of benzene rings is 1. The minimum absolute atomic E-state index is 0.0270. The maximum atomic E-state index is 10.8. The summed E-state index contributed by atoms with van der Waals surface area (Å²) < 4.78 is 0. The molecule has 0 aliphatic rings. The second kappa shape index (κ2) is 5.68. The first-order valence-corrected chi connectivity index (χ1v) is 6.41.